The Balaban J connectivity index is 2.83. The van der Waals surface area contributed by atoms with Crippen LogP contribution in [0, 0.1) is 0 Å². The molecular weight excluding hydrogens is 218 g/mol. The molecule has 0 aliphatic rings. The lowest BCUT2D eigenvalue weighted by molar-refractivity contribution is -0.137. The number of hydrogen-bond acceptors (Lipinski definition) is 3. The summed E-state index contributed by atoms with van der Waals surface area (Å²) < 4.78 is 0. The number of carbonyl (C=O) groups excluding carboxylic acids is 1. The van der Waals surface area contributed by atoms with Gasteiger partial charge < -0.3 is 9.90 Å². The van der Waals surface area contributed by atoms with Gasteiger partial charge in [-0.05, 0) is 11.6 Å². The number of carboxylic acids is 1. The number of pyridine rings is 1. The molecule has 4 nitrogen and oxygen atoms in total. The van der Waals surface area contributed by atoms with Crippen molar-refractivity contribution in [3.05, 3.63) is 29.0 Å². The van der Waals surface area contributed by atoms with Gasteiger partial charge in [0.1, 0.15) is 11.4 Å². The van der Waals surface area contributed by atoms with Gasteiger partial charge in [0, 0.05) is 18.5 Å². The van der Waals surface area contributed by atoms with Crippen molar-refractivity contribution in [2.24, 2.45) is 0 Å². The summed E-state index contributed by atoms with van der Waals surface area (Å²) in [6, 6.07) is 3.27. The molecule has 0 aliphatic heterocycles. The third-order valence-corrected chi connectivity index (χ3v) is 2.25. The van der Waals surface area contributed by atoms with E-state index in [2.05, 4.69) is 4.98 Å². The molecule has 0 aromatic carbocycles. The molecule has 0 spiro atoms. The van der Waals surface area contributed by atoms with Crippen molar-refractivity contribution in [3.8, 4) is 0 Å². The number of rotatable bonds is 5. The molecule has 0 aliphatic carbocycles. The molecule has 1 N–H and O–H groups in total. The molecule has 0 saturated heterocycles. The number of aromatic nitrogens is 1. The van der Waals surface area contributed by atoms with Crippen molar-refractivity contribution in [1.82, 2.24) is 4.98 Å². The zero-order chi connectivity index (χ0) is 11.3. The Morgan fingerprint density at radius 3 is 2.80 bits per heavy atom. The number of carboxylic acid groups (broad SMARTS) is 1. The fraction of sp³-hybridized carbons (Fsp3) is 0.300. The number of aliphatic carboxylic acids is 1. The van der Waals surface area contributed by atoms with Crippen LogP contribution in [0.15, 0.2) is 18.3 Å². The number of carbonyl (C=O) groups is 2. The minimum absolute atomic E-state index is 0.0813. The first-order chi connectivity index (χ1) is 7.13. The minimum Gasteiger partial charge on any atom is -0.481 e. The van der Waals surface area contributed by atoms with Gasteiger partial charge in [-0.3, -0.25) is 4.79 Å². The van der Waals surface area contributed by atoms with Gasteiger partial charge in [-0.1, -0.05) is 17.7 Å². The van der Waals surface area contributed by atoms with E-state index >= 15 is 0 Å². The molecule has 0 radical (unpaired) electrons. The summed E-state index contributed by atoms with van der Waals surface area (Å²) in [6.07, 6.45) is 2.30. The molecule has 0 amide bonds. The molecule has 5 heteroatoms. The zero-order valence-corrected chi connectivity index (χ0v) is 8.65. The monoisotopic (exact) mass is 227 g/mol. The van der Waals surface area contributed by atoms with Crippen molar-refractivity contribution in [2.45, 2.75) is 18.8 Å². The molecule has 1 aromatic rings. The molecule has 1 rings (SSSR count). The number of hydrogen-bond donors (Lipinski definition) is 1. The maximum atomic E-state index is 10.6. The van der Waals surface area contributed by atoms with Crippen LogP contribution in [-0.2, 0) is 9.59 Å². The Bertz CT molecular complexity index is 350. The van der Waals surface area contributed by atoms with Crippen molar-refractivity contribution in [1.29, 1.82) is 0 Å². The van der Waals surface area contributed by atoms with E-state index in [1.807, 2.05) is 0 Å². The molecule has 1 atom stereocenters. The van der Waals surface area contributed by atoms with Crippen molar-refractivity contribution in [2.75, 3.05) is 0 Å². The second kappa shape index (κ2) is 5.46. The molecule has 0 bridgehead atoms. The summed E-state index contributed by atoms with van der Waals surface area (Å²) in [6.45, 7) is 0. The third kappa shape index (κ3) is 3.67. The number of nitrogens with zero attached hydrogens (tertiary/aromatic N) is 1. The van der Waals surface area contributed by atoms with E-state index in [1.54, 1.807) is 12.1 Å². The Hall–Kier alpha value is -1.42. The predicted octanol–water partition coefficient (Wildman–Crippen LogP) is 1.88. The second-order valence-corrected chi connectivity index (χ2v) is 3.50. The van der Waals surface area contributed by atoms with E-state index in [9.17, 15) is 9.59 Å². The fourth-order valence-corrected chi connectivity index (χ4v) is 1.40. The zero-order valence-electron chi connectivity index (χ0n) is 7.89. The lowest BCUT2D eigenvalue weighted by Gasteiger charge is -2.11. The van der Waals surface area contributed by atoms with E-state index in [4.69, 9.17) is 16.7 Å². The highest BCUT2D eigenvalue weighted by atomic mass is 35.5. The standard InChI is InChI=1S/C10H10ClNO3/c11-9-2-1-8(6-12-9)7(3-4-13)5-10(14)15/h1-2,4,6-7H,3,5H2,(H,14,15). The molecule has 15 heavy (non-hydrogen) atoms. The molecule has 1 heterocycles. The van der Waals surface area contributed by atoms with E-state index in [1.165, 1.54) is 6.20 Å². The SMILES string of the molecule is O=CCC(CC(=O)O)c1ccc(Cl)nc1. The summed E-state index contributed by atoms with van der Waals surface area (Å²) in [5, 5.41) is 9.01. The summed E-state index contributed by atoms with van der Waals surface area (Å²) >= 11 is 5.60. The summed E-state index contributed by atoms with van der Waals surface area (Å²) in [5.41, 5.74) is 0.717. The summed E-state index contributed by atoms with van der Waals surface area (Å²) in [7, 11) is 0. The van der Waals surface area contributed by atoms with Gasteiger partial charge in [0.05, 0.1) is 6.42 Å². The van der Waals surface area contributed by atoms with Crippen LogP contribution < -0.4 is 0 Å². The molecule has 1 aromatic heterocycles. The lowest BCUT2D eigenvalue weighted by Crippen LogP contribution is -2.07. The van der Waals surface area contributed by atoms with Crippen molar-refractivity contribution >= 4 is 23.9 Å². The van der Waals surface area contributed by atoms with E-state index < -0.39 is 5.97 Å². The van der Waals surface area contributed by atoms with Gasteiger partial charge >= 0.3 is 5.97 Å². The summed E-state index contributed by atoms with van der Waals surface area (Å²) in [4.78, 5) is 24.8. The van der Waals surface area contributed by atoms with E-state index in [0.29, 0.717) is 17.0 Å². The van der Waals surface area contributed by atoms with E-state index in [-0.39, 0.29) is 18.8 Å². The van der Waals surface area contributed by atoms with Gasteiger partial charge in [0.15, 0.2) is 0 Å². The smallest absolute Gasteiger partial charge is 0.303 e. The Kier molecular flexibility index (Phi) is 4.24. The van der Waals surface area contributed by atoms with Crippen LogP contribution in [0.5, 0.6) is 0 Å². The average molecular weight is 228 g/mol. The highest BCUT2D eigenvalue weighted by molar-refractivity contribution is 6.29. The van der Waals surface area contributed by atoms with Crippen LogP contribution in [0.3, 0.4) is 0 Å². The van der Waals surface area contributed by atoms with Crippen LogP contribution in [0.2, 0.25) is 5.15 Å². The second-order valence-electron chi connectivity index (χ2n) is 3.11. The average Bonchev–Trinajstić information content (AvgIpc) is 2.17. The van der Waals surface area contributed by atoms with Crippen LogP contribution >= 0.6 is 11.6 Å². The fourth-order valence-electron chi connectivity index (χ4n) is 1.29. The van der Waals surface area contributed by atoms with Crippen LogP contribution in [0.1, 0.15) is 24.3 Å². The molecule has 0 fully saturated rings. The Labute approximate surface area is 91.9 Å². The maximum Gasteiger partial charge on any atom is 0.303 e. The maximum absolute atomic E-state index is 10.6. The molecule has 80 valence electrons. The quantitative estimate of drug-likeness (QED) is 0.616. The number of aldehydes is 1. The molecule has 1 unspecified atom stereocenters. The van der Waals surface area contributed by atoms with Crippen LogP contribution in [0.4, 0.5) is 0 Å². The van der Waals surface area contributed by atoms with Crippen LogP contribution in [0.25, 0.3) is 0 Å². The summed E-state index contributed by atoms with van der Waals surface area (Å²) in [5.74, 6) is -1.26. The van der Waals surface area contributed by atoms with Gasteiger partial charge in [-0.25, -0.2) is 4.98 Å². The lowest BCUT2D eigenvalue weighted by atomic mass is 9.95. The van der Waals surface area contributed by atoms with Crippen LogP contribution in [-0.4, -0.2) is 22.3 Å². The first-order valence-electron chi connectivity index (χ1n) is 4.40. The predicted molar refractivity (Wildman–Crippen MR) is 54.9 cm³/mol. The molecular formula is C10H10ClNO3. The number of halogens is 1. The van der Waals surface area contributed by atoms with Gasteiger partial charge in [-0.15, -0.1) is 0 Å². The van der Waals surface area contributed by atoms with Crippen molar-refractivity contribution < 1.29 is 14.7 Å². The van der Waals surface area contributed by atoms with Crippen molar-refractivity contribution in [3.63, 3.8) is 0 Å². The highest BCUT2D eigenvalue weighted by Gasteiger charge is 2.15. The first-order valence-corrected chi connectivity index (χ1v) is 4.78. The van der Waals surface area contributed by atoms with E-state index in [0.717, 1.165) is 0 Å². The van der Waals surface area contributed by atoms with Gasteiger partial charge in [0.25, 0.3) is 0 Å². The minimum atomic E-state index is -0.934. The van der Waals surface area contributed by atoms with Gasteiger partial charge in [0.2, 0.25) is 0 Å². The Morgan fingerprint density at radius 2 is 2.33 bits per heavy atom. The highest BCUT2D eigenvalue weighted by Crippen LogP contribution is 2.22. The first kappa shape index (κ1) is 11.7. The Morgan fingerprint density at radius 1 is 1.60 bits per heavy atom. The normalized spacial score (nSPS) is 12.1. The third-order valence-electron chi connectivity index (χ3n) is 2.02. The largest absolute Gasteiger partial charge is 0.481 e. The molecule has 0 saturated carbocycles. The topological polar surface area (TPSA) is 67.3 Å². The van der Waals surface area contributed by atoms with Gasteiger partial charge in [-0.2, -0.15) is 0 Å².